The number of rotatable bonds is 9. The predicted molar refractivity (Wildman–Crippen MR) is 130 cm³/mol. The maximum absolute atomic E-state index is 12.6. The van der Waals surface area contributed by atoms with Crippen LogP contribution in [0.25, 0.3) is 0 Å². The summed E-state index contributed by atoms with van der Waals surface area (Å²) in [4.78, 5) is 17.3. The summed E-state index contributed by atoms with van der Waals surface area (Å²) in [6, 6.07) is 26.6. The van der Waals surface area contributed by atoms with Gasteiger partial charge in [0.25, 0.3) is 10.0 Å². The molecular weight excluding hydrogens is 434 g/mol. The minimum atomic E-state index is -3.50. The number of unbranched alkanes of at least 4 members (excludes halogenated alkanes) is 2. The van der Waals surface area contributed by atoms with Crippen LogP contribution in [0.1, 0.15) is 48.4 Å². The van der Waals surface area contributed by atoms with E-state index in [0.29, 0.717) is 24.4 Å². The fourth-order valence-electron chi connectivity index (χ4n) is 3.90. The van der Waals surface area contributed by atoms with Gasteiger partial charge in [0.05, 0.1) is 10.9 Å². The third-order valence-electron chi connectivity index (χ3n) is 5.57. The van der Waals surface area contributed by atoms with Gasteiger partial charge in [-0.3, -0.25) is 14.5 Å². The van der Waals surface area contributed by atoms with E-state index < -0.39 is 10.0 Å². The van der Waals surface area contributed by atoms with Crippen LogP contribution >= 0.6 is 0 Å². The average Bonchev–Trinajstić information content (AvgIpc) is 3.11. The van der Waals surface area contributed by atoms with Gasteiger partial charge in [0.15, 0.2) is 0 Å². The first-order chi connectivity index (χ1) is 16.0. The molecule has 0 aliphatic carbocycles. The van der Waals surface area contributed by atoms with Crippen molar-refractivity contribution in [3.8, 4) is 0 Å². The minimum Gasteiger partial charge on any atom is -0.345 e. The number of nitrogens with zero attached hydrogens (tertiary/aromatic N) is 1. The van der Waals surface area contributed by atoms with Crippen molar-refractivity contribution in [2.75, 3.05) is 6.54 Å². The fraction of sp³-hybridized carbons (Fsp3) is 0.231. The lowest BCUT2D eigenvalue weighted by Crippen LogP contribution is -2.29. The number of hydrogen-bond donors (Lipinski definition) is 2. The number of fused-ring (bicyclic) bond motifs is 1. The molecule has 3 aromatic carbocycles. The largest absolute Gasteiger partial charge is 0.345 e. The first kappa shape index (κ1) is 22.7. The molecule has 3 aromatic rings. The zero-order valence-corrected chi connectivity index (χ0v) is 19.1. The zero-order valence-electron chi connectivity index (χ0n) is 18.3. The molecule has 1 aliphatic heterocycles. The van der Waals surface area contributed by atoms with Gasteiger partial charge in [0.1, 0.15) is 5.84 Å². The second kappa shape index (κ2) is 10.4. The molecule has 0 atom stereocenters. The Bertz CT molecular complexity index is 1190. The van der Waals surface area contributed by atoms with Crippen molar-refractivity contribution < 1.29 is 13.2 Å². The van der Waals surface area contributed by atoms with Gasteiger partial charge in [-0.25, -0.2) is 8.42 Å². The van der Waals surface area contributed by atoms with E-state index in [1.165, 1.54) is 0 Å². The monoisotopic (exact) mass is 461 g/mol. The molecule has 7 heteroatoms. The highest BCUT2D eigenvalue weighted by atomic mass is 32.2. The molecule has 0 saturated carbocycles. The smallest absolute Gasteiger partial charge is 0.263 e. The Hall–Kier alpha value is -3.45. The Morgan fingerprint density at radius 1 is 0.818 bits per heavy atom. The summed E-state index contributed by atoms with van der Waals surface area (Å²) in [5.74, 6) is 0.411. The van der Waals surface area contributed by atoms with Crippen LogP contribution in [0.15, 0.2) is 94.8 Å². The minimum absolute atomic E-state index is 0.0106. The number of hydrogen-bond acceptors (Lipinski definition) is 4. The molecular formula is C26H27N3O3S. The highest BCUT2D eigenvalue weighted by molar-refractivity contribution is 7.90. The van der Waals surface area contributed by atoms with Crippen molar-refractivity contribution >= 4 is 21.8 Å². The topological polar surface area (TPSA) is 87.6 Å². The molecule has 6 nitrogen and oxygen atoms in total. The first-order valence-corrected chi connectivity index (χ1v) is 12.6. The molecule has 0 radical (unpaired) electrons. The molecule has 0 aromatic heterocycles. The van der Waals surface area contributed by atoms with Crippen LogP contribution in [0.5, 0.6) is 0 Å². The van der Waals surface area contributed by atoms with Crippen LogP contribution in [0.3, 0.4) is 0 Å². The lowest BCUT2D eigenvalue weighted by atomic mass is 9.98. The first-order valence-electron chi connectivity index (χ1n) is 11.1. The van der Waals surface area contributed by atoms with E-state index in [2.05, 4.69) is 15.0 Å². The van der Waals surface area contributed by atoms with E-state index in [4.69, 9.17) is 0 Å². The van der Waals surface area contributed by atoms with E-state index in [1.807, 2.05) is 60.7 Å². The number of carbonyl (C=O) groups excluding carboxylic acids is 1. The van der Waals surface area contributed by atoms with E-state index in [9.17, 15) is 13.2 Å². The number of sulfonamides is 1. The Labute approximate surface area is 194 Å². The van der Waals surface area contributed by atoms with Crippen LogP contribution < -0.4 is 10.0 Å². The molecule has 1 aliphatic rings. The number of aliphatic imine (C=N–C) groups is 1. The third kappa shape index (κ3) is 5.68. The lowest BCUT2D eigenvalue weighted by molar-refractivity contribution is -0.121. The standard InChI is InChI=1S/C26H27N3O3S/c30-24(28-25(20-12-4-1-5-13-20)21-14-6-2-7-15-21)18-8-3-11-19-27-26-22-16-9-10-17-23(22)33(31,32)29-26/h1-2,4-7,9-10,12-17,25H,3,8,11,18-19H2,(H,27,29)(H,28,30). The molecule has 4 rings (SSSR count). The van der Waals surface area contributed by atoms with Crippen LogP contribution in [-0.4, -0.2) is 26.7 Å². The van der Waals surface area contributed by atoms with Gasteiger partial charge in [-0.15, -0.1) is 0 Å². The maximum atomic E-state index is 12.6. The molecule has 170 valence electrons. The van der Waals surface area contributed by atoms with Crippen molar-refractivity contribution in [1.82, 2.24) is 10.0 Å². The Balaban J connectivity index is 1.26. The summed E-state index contributed by atoms with van der Waals surface area (Å²) in [7, 11) is -3.50. The SMILES string of the molecule is O=C(CCCCCN=C1NS(=O)(=O)c2ccccc21)NC(c1ccccc1)c1ccccc1. The van der Waals surface area contributed by atoms with E-state index in [0.717, 1.165) is 30.4 Å². The summed E-state index contributed by atoms with van der Waals surface area (Å²) in [6.07, 6.45) is 2.79. The van der Waals surface area contributed by atoms with Crippen molar-refractivity contribution in [3.63, 3.8) is 0 Å². The van der Waals surface area contributed by atoms with Crippen LogP contribution in [0.4, 0.5) is 0 Å². The van der Waals surface area contributed by atoms with Gasteiger partial charge < -0.3 is 5.32 Å². The lowest BCUT2D eigenvalue weighted by Gasteiger charge is -2.20. The Kier molecular flexibility index (Phi) is 7.19. The normalized spacial score (nSPS) is 15.2. The van der Waals surface area contributed by atoms with E-state index >= 15 is 0 Å². The molecule has 0 saturated heterocycles. The van der Waals surface area contributed by atoms with E-state index in [1.54, 1.807) is 24.3 Å². The Morgan fingerprint density at radius 3 is 2.09 bits per heavy atom. The molecule has 0 bridgehead atoms. The molecule has 33 heavy (non-hydrogen) atoms. The summed E-state index contributed by atoms with van der Waals surface area (Å²) in [5, 5.41) is 3.16. The third-order valence-corrected chi connectivity index (χ3v) is 6.96. The Morgan fingerprint density at radius 2 is 1.42 bits per heavy atom. The molecule has 1 amide bonds. The number of nitrogens with one attached hydrogen (secondary N) is 2. The maximum Gasteiger partial charge on any atom is 0.263 e. The van der Waals surface area contributed by atoms with Crippen molar-refractivity contribution in [1.29, 1.82) is 0 Å². The number of amides is 1. The van der Waals surface area contributed by atoms with Gasteiger partial charge in [-0.1, -0.05) is 79.2 Å². The van der Waals surface area contributed by atoms with Crippen LogP contribution in [-0.2, 0) is 14.8 Å². The van der Waals surface area contributed by atoms with Gasteiger partial charge in [-0.2, -0.15) is 0 Å². The average molecular weight is 462 g/mol. The van der Waals surface area contributed by atoms with E-state index in [-0.39, 0.29) is 16.8 Å². The molecule has 1 heterocycles. The number of carbonyl (C=O) groups is 1. The molecule has 2 N–H and O–H groups in total. The summed E-state index contributed by atoms with van der Waals surface area (Å²) < 4.78 is 26.8. The highest BCUT2D eigenvalue weighted by Gasteiger charge is 2.29. The number of amidine groups is 1. The number of benzene rings is 3. The summed E-state index contributed by atoms with van der Waals surface area (Å²) in [6.45, 7) is 0.504. The van der Waals surface area contributed by atoms with Crippen LogP contribution in [0, 0.1) is 0 Å². The van der Waals surface area contributed by atoms with Gasteiger partial charge in [0, 0.05) is 18.5 Å². The highest BCUT2D eigenvalue weighted by Crippen LogP contribution is 2.23. The molecule has 0 fully saturated rings. The summed E-state index contributed by atoms with van der Waals surface area (Å²) in [5.41, 5.74) is 2.71. The molecule has 0 spiro atoms. The zero-order chi connectivity index (χ0) is 23.1. The predicted octanol–water partition coefficient (Wildman–Crippen LogP) is 4.19. The van der Waals surface area contributed by atoms with Crippen LogP contribution in [0.2, 0.25) is 0 Å². The molecule has 0 unspecified atom stereocenters. The summed E-state index contributed by atoms with van der Waals surface area (Å²) >= 11 is 0. The van der Waals surface area contributed by atoms with Crippen molar-refractivity contribution in [2.24, 2.45) is 4.99 Å². The van der Waals surface area contributed by atoms with Gasteiger partial charge in [0.2, 0.25) is 5.91 Å². The second-order valence-electron chi connectivity index (χ2n) is 7.96. The van der Waals surface area contributed by atoms with Crippen molar-refractivity contribution in [2.45, 2.75) is 36.6 Å². The quantitative estimate of drug-likeness (QED) is 0.469. The van der Waals surface area contributed by atoms with Gasteiger partial charge >= 0.3 is 0 Å². The van der Waals surface area contributed by atoms with Crippen molar-refractivity contribution in [3.05, 3.63) is 102 Å². The van der Waals surface area contributed by atoms with Gasteiger partial charge in [-0.05, 0) is 36.1 Å². The second-order valence-corrected chi connectivity index (χ2v) is 9.62. The fourth-order valence-corrected chi connectivity index (χ4v) is 5.15.